The lowest BCUT2D eigenvalue weighted by molar-refractivity contribution is 0.111. The molecule has 52 valence electrons. The van der Waals surface area contributed by atoms with E-state index in [4.69, 9.17) is 0 Å². The molecule has 0 N–H and O–H groups in total. The molecule has 0 atom stereocenters. The maximum absolute atomic E-state index is 10.2. The van der Waals surface area contributed by atoms with Crippen LogP contribution in [0.25, 0.3) is 0 Å². The van der Waals surface area contributed by atoms with E-state index in [9.17, 15) is 9.59 Å². The van der Waals surface area contributed by atoms with Crippen LogP contribution in [0, 0.1) is 0 Å². The maximum Gasteiger partial charge on any atom is 0.178 e. The first kappa shape index (κ1) is 7.56. The molecule has 0 aliphatic heterocycles. The van der Waals surface area contributed by atoms with Gasteiger partial charge in [0.05, 0.1) is 0 Å². The first-order valence-electron chi connectivity index (χ1n) is 2.34. The summed E-state index contributed by atoms with van der Waals surface area (Å²) in [5, 5.41) is 0.314. The highest BCUT2D eigenvalue weighted by Crippen LogP contribution is 2.19. The van der Waals surface area contributed by atoms with Crippen molar-refractivity contribution in [3.63, 3.8) is 0 Å². The second kappa shape index (κ2) is 3.03. The van der Waals surface area contributed by atoms with Crippen molar-refractivity contribution in [1.29, 1.82) is 0 Å². The highest BCUT2D eigenvalue weighted by Gasteiger charge is 2.05. The van der Waals surface area contributed by atoms with E-state index < -0.39 is 0 Å². The van der Waals surface area contributed by atoms with E-state index >= 15 is 0 Å². The van der Waals surface area contributed by atoms with Crippen molar-refractivity contribution < 1.29 is 9.59 Å². The number of hydrogen-bond acceptors (Lipinski definition) is 4. The number of aromatic nitrogens is 1. The van der Waals surface area contributed by atoms with E-state index in [1.165, 1.54) is 0 Å². The van der Waals surface area contributed by atoms with Crippen LogP contribution >= 0.6 is 27.3 Å². The van der Waals surface area contributed by atoms with Crippen molar-refractivity contribution in [3.8, 4) is 0 Å². The van der Waals surface area contributed by atoms with Gasteiger partial charge < -0.3 is 0 Å². The summed E-state index contributed by atoms with van der Waals surface area (Å²) in [6.07, 6.45) is 1.27. The normalized spacial score (nSPS) is 9.30. The van der Waals surface area contributed by atoms with Gasteiger partial charge in [-0.2, -0.15) is 0 Å². The minimum absolute atomic E-state index is 0.314. The molecule has 0 amide bonds. The zero-order chi connectivity index (χ0) is 7.56. The van der Waals surface area contributed by atoms with Crippen molar-refractivity contribution in [2.24, 2.45) is 0 Å². The molecule has 1 aromatic heterocycles. The van der Waals surface area contributed by atoms with Gasteiger partial charge in [0.15, 0.2) is 17.6 Å². The third kappa shape index (κ3) is 1.30. The van der Waals surface area contributed by atoms with Gasteiger partial charge in [-0.15, -0.1) is 11.3 Å². The van der Waals surface area contributed by atoms with Crippen LogP contribution in [-0.2, 0) is 0 Å². The fraction of sp³-hybridized carbons (Fsp3) is 0. The van der Waals surface area contributed by atoms with Gasteiger partial charge in [-0.25, -0.2) is 4.98 Å². The summed E-state index contributed by atoms with van der Waals surface area (Å²) in [5.74, 6) is 0. The van der Waals surface area contributed by atoms with Crippen molar-refractivity contribution in [1.82, 2.24) is 4.98 Å². The molecule has 1 heterocycles. The van der Waals surface area contributed by atoms with Crippen LogP contribution in [0.5, 0.6) is 0 Å². The van der Waals surface area contributed by atoms with Crippen LogP contribution in [0.1, 0.15) is 19.5 Å². The Balaban J connectivity index is 3.15. The molecule has 10 heavy (non-hydrogen) atoms. The van der Waals surface area contributed by atoms with Gasteiger partial charge in [0.2, 0.25) is 0 Å². The van der Waals surface area contributed by atoms with Gasteiger partial charge in [0.25, 0.3) is 0 Å². The molecule has 0 radical (unpaired) electrons. The van der Waals surface area contributed by atoms with Crippen LogP contribution in [0.4, 0.5) is 0 Å². The van der Waals surface area contributed by atoms with Crippen LogP contribution in [0.15, 0.2) is 4.60 Å². The van der Waals surface area contributed by atoms with Crippen LogP contribution in [0.2, 0.25) is 0 Å². The van der Waals surface area contributed by atoms with Gasteiger partial charge in [-0.3, -0.25) is 9.59 Å². The molecule has 0 aliphatic rings. The van der Waals surface area contributed by atoms with Crippen LogP contribution in [0.3, 0.4) is 0 Å². The molecule has 0 spiro atoms. The molecular weight excluding hydrogens is 218 g/mol. The molecule has 0 fully saturated rings. The largest absolute Gasteiger partial charge is 0.297 e. The van der Waals surface area contributed by atoms with E-state index in [0.29, 0.717) is 27.1 Å². The lowest BCUT2D eigenvalue weighted by Gasteiger charge is -1.74. The Morgan fingerprint density at radius 2 is 2.10 bits per heavy atom. The average molecular weight is 220 g/mol. The SMILES string of the molecule is O=Cc1nc(Br)c(C=O)s1. The molecule has 0 saturated heterocycles. The first-order valence-corrected chi connectivity index (χ1v) is 3.95. The summed E-state index contributed by atoms with van der Waals surface area (Å²) in [5.41, 5.74) is 0. The lowest BCUT2D eigenvalue weighted by atomic mass is 10.6. The molecule has 1 rings (SSSR count). The quantitative estimate of drug-likeness (QED) is 0.710. The van der Waals surface area contributed by atoms with Gasteiger partial charge in [0.1, 0.15) is 9.48 Å². The molecule has 0 aromatic carbocycles. The number of nitrogens with zero attached hydrogens (tertiary/aromatic N) is 1. The maximum atomic E-state index is 10.2. The number of hydrogen-bond donors (Lipinski definition) is 0. The molecule has 0 saturated carbocycles. The zero-order valence-electron chi connectivity index (χ0n) is 4.70. The summed E-state index contributed by atoms with van der Waals surface area (Å²) >= 11 is 4.09. The molecule has 3 nitrogen and oxygen atoms in total. The van der Waals surface area contributed by atoms with Gasteiger partial charge in [0, 0.05) is 0 Å². The Labute approximate surface area is 69.2 Å². The summed E-state index contributed by atoms with van der Waals surface area (Å²) in [6.45, 7) is 0. The summed E-state index contributed by atoms with van der Waals surface area (Å²) in [6, 6.07) is 0. The number of carbonyl (C=O) groups excluding carboxylic acids is 2. The summed E-state index contributed by atoms with van der Waals surface area (Å²) in [4.78, 5) is 24.5. The van der Waals surface area contributed by atoms with Crippen LogP contribution in [-0.4, -0.2) is 17.6 Å². The number of aldehydes is 2. The van der Waals surface area contributed by atoms with E-state index in [1.54, 1.807) is 0 Å². The average Bonchev–Trinajstić information content (AvgIpc) is 2.30. The Morgan fingerprint density at radius 1 is 1.40 bits per heavy atom. The predicted molar refractivity (Wildman–Crippen MR) is 40.6 cm³/mol. The van der Waals surface area contributed by atoms with Gasteiger partial charge in [-0.05, 0) is 15.9 Å². The number of halogens is 1. The number of carbonyl (C=O) groups is 2. The van der Waals surface area contributed by atoms with E-state index in [2.05, 4.69) is 20.9 Å². The van der Waals surface area contributed by atoms with Crippen molar-refractivity contribution in [3.05, 3.63) is 14.5 Å². The van der Waals surface area contributed by atoms with Crippen molar-refractivity contribution in [2.75, 3.05) is 0 Å². The minimum atomic E-state index is 0.314. The zero-order valence-corrected chi connectivity index (χ0v) is 7.11. The van der Waals surface area contributed by atoms with E-state index in [-0.39, 0.29) is 0 Å². The monoisotopic (exact) mass is 219 g/mol. The molecule has 5 heteroatoms. The van der Waals surface area contributed by atoms with E-state index in [0.717, 1.165) is 11.3 Å². The third-order valence-corrected chi connectivity index (χ3v) is 2.61. The highest BCUT2D eigenvalue weighted by molar-refractivity contribution is 9.10. The predicted octanol–water partition coefficient (Wildman–Crippen LogP) is 1.53. The summed E-state index contributed by atoms with van der Waals surface area (Å²) < 4.78 is 0.439. The second-order valence-corrected chi connectivity index (χ2v) is 3.26. The Morgan fingerprint density at radius 3 is 2.40 bits per heavy atom. The van der Waals surface area contributed by atoms with Crippen LogP contribution < -0.4 is 0 Å². The molecule has 0 unspecified atom stereocenters. The minimum Gasteiger partial charge on any atom is -0.297 e. The molecular formula is C5H2BrNO2S. The second-order valence-electron chi connectivity index (χ2n) is 1.44. The van der Waals surface area contributed by atoms with Crippen molar-refractivity contribution >= 4 is 39.8 Å². The third-order valence-electron chi connectivity index (χ3n) is 0.834. The number of rotatable bonds is 2. The fourth-order valence-corrected chi connectivity index (χ4v) is 1.69. The van der Waals surface area contributed by atoms with Gasteiger partial charge in [-0.1, -0.05) is 0 Å². The molecule has 0 aliphatic carbocycles. The lowest BCUT2D eigenvalue weighted by Crippen LogP contribution is -1.73. The van der Waals surface area contributed by atoms with Gasteiger partial charge >= 0.3 is 0 Å². The Hall–Kier alpha value is -0.550. The molecule has 1 aromatic rings. The number of thiazole rings is 1. The smallest absolute Gasteiger partial charge is 0.178 e. The standard InChI is InChI=1S/C5H2BrNO2S/c6-5-3(1-8)10-4(2-9)7-5/h1-2H. The van der Waals surface area contributed by atoms with E-state index in [1.807, 2.05) is 0 Å². The topological polar surface area (TPSA) is 47.0 Å². The Bertz CT molecular complexity index is 271. The highest BCUT2D eigenvalue weighted by atomic mass is 79.9. The fourth-order valence-electron chi connectivity index (χ4n) is 0.453. The van der Waals surface area contributed by atoms with Crippen molar-refractivity contribution in [2.45, 2.75) is 0 Å². The molecule has 0 bridgehead atoms. The first-order chi connectivity index (χ1) is 4.77. The summed E-state index contributed by atoms with van der Waals surface area (Å²) in [7, 11) is 0. The Kier molecular flexibility index (Phi) is 2.29.